The number of benzene rings is 3. The van der Waals surface area contributed by atoms with Crippen molar-refractivity contribution in [2.24, 2.45) is 0 Å². The number of rotatable bonds is 6. The topological polar surface area (TPSA) is 89.8 Å². The summed E-state index contributed by atoms with van der Waals surface area (Å²) in [5.74, 6) is -0.987. The van der Waals surface area contributed by atoms with Crippen molar-refractivity contribution in [3.8, 4) is 6.07 Å². The Morgan fingerprint density at radius 2 is 1.81 bits per heavy atom. The van der Waals surface area contributed by atoms with Gasteiger partial charge in [-0.25, -0.2) is 4.79 Å². The quantitative estimate of drug-likeness (QED) is 0.301. The third-order valence-electron chi connectivity index (χ3n) is 5.40. The number of aliphatic carboxylic acids is 1. The summed E-state index contributed by atoms with van der Waals surface area (Å²) in [4.78, 5) is 10.8. The van der Waals surface area contributed by atoms with Crippen LogP contribution in [-0.2, 0) is 4.79 Å². The lowest BCUT2D eigenvalue weighted by Gasteiger charge is -2.18. The molecule has 0 aliphatic rings. The molecule has 5 heteroatoms. The van der Waals surface area contributed by atoms with E-state index in [-0.39, 0.29) is 0 Å². The van der Waals surface area contributed by atoms with Gasteiger partial charge in [-0.05, 0) is 46.4 Å². The molecule has 0 fully saturated rings. The Bertz CT molecular complexity index is 1370. The molecule has 1 heterocycles. The molecule has 156 valence electrons. The van der Waals surface area contributed by atoms with Gasteiger partial charge >= 0.3 is 5.97 Å². The predicted octanol–water partition coefficient (Wildman–Crippen LogP) is 5.90. The number of fused-ring (bicyclic) bond motifs is 1. The van der Waals surface area contributed by atoms with E-state index in [0.29, 0.717) is 5.56 Å². The third-order valence-corrected chi connectivity index (χ3v) is 5.40. The first kappa shape index (κ1) is 20.8. The van der Waals surface area contributed by atoms with Gasteiger partial charge in [0.05, 0.1) is 17.3 Å². The van der Waals surface area contributed by atoms with Gasteiger partial charge in [0, 0.05) is 17.0 Å². The van der Waals surface area contributed by atoms with Crippen LogP contribution in [0.4, 0.5) is 0 Å². The molecule has 0 amide bonds. The van der Waals surface area contributed by atoms with E-state index in [1.165, 1.54) is 0 Å². The van der Waals surface area contributed by atoms with Crippen LogP contribution in [-0.4, -0.2) is 21.3 Å². The van der Waals surface area contributed by atoms with Gasteiger partial charge in [0.2, 0.25) is 0 Å². The first-order valence-electron chi connectivity index (χ1n) is 10.3. The summed E-state index contributed by atoms with van der Waals surface area (Å²) in [5, 5.41) is 26.8. The summed E-state index contributed by atoms with van der Waals surface area (Å²) < 4.78 is 0. The van der Waals surface area contributed by atoms with Crippen LogP contribution in [0.5, 0.6) is 0 Å². The number of hydrogen-bond donors (Lipinski definition) is 2. The second kappa shape index (κ2) is 9.15. The van der Waals surface area contributed by atoms with Crippen LogP contribution in [0.2, 0.25) is 0 Å². The number of carboxylic acid groups (broad SMARTS) is 1. The maximum Gasteiger partial charge on any atom is 0.328 e. The minimum absolute atomic E-state index is 0.572. The highest BCUT2D eigenvalue weighted by molar-refractivity contribution is 6.03. The van der Waals surface area contributed by atoms with Crippen molar-refractivity contribution in [3.05, 3.63) is 107 Å². The SMILES string of the molecule is CC/C(=C(/c1ccc(/C=C/C(=O)O)cc1)c1ccc2[nH]ncc2c1C#N)c1ccccc1. The lowest BCUT2D eigenvalue weighted by molar-refractivity contribution is -0.131. The molecule has 1 aromatic heterocycles. The highest BCUT2D eigenvalue weighted by Crippen LogP contribution is 2.37. The standard InChI is InChI=1S/C27H21N3O2/c1-2-21(19-6-4-3-5-7-19)27(20-11-8-18(9-12-20)10-15-26(31)32)22-13-14-25-24(17-29-30-25)23(22)16-28/h3-15,17H,2H2,1H3,(H,29,30)(H,31,32)/b15-10+,27-21+. The smallest absolute Gasteiger partial charge is 0.328 e. The van der Waals surface area contributed by atoms with Crippen molar-refractivity contribution in [1.82, 2.24) is 10.2 Å². The fourth-order valence-electron chi connectivity index (χ4n) is 3.93. The predicted molar refractivity (Wildman–Crippen MR) is 127 cm³/mol. The molecule has 32 heavy (non-hydrogen) atoms. The Morgan fingerprint density at radius 1 is 1.06 bits per heavy atom. The highest BCUT2D eigenvalue weighted by Gasteiger charge is 2.18. The number of allylic oxidation sites excluding steroid dienone is 1. The molecule has 0 bridgehead atoms. The zero-order valence-electron chi connectivity index (χ0n) is 17.5. The first-order valence-corrected chi connectivity index (χ1v) is 10.3. The average molecular weight is 419 g/mol. The summed E-state index contributed by atoms with van der Waals surface area (Å²) in [5.41, 5.74) is 7.17. The number of nitrogens with zero attached hydrogens (tertiary/aromatic N) is 2. The van der Waals surface area contributed by atoms with Crippen LogP contribution >= 0.6 is 0 Å². The maximum absolute atomic E-state index is 10.8. The number of aromatic amines is 1. The third kappa shape index (κ3) is 4.07. The Hall–Kier alpha value is -4.43. The molecule has 0 radical (unpaired) electrons. The summed E-state index contributed by atoms with van der Waals surface area (Å²) in [7, 11) is 0. The summed E-state index contributed by atoms with van der Waals surface area (Å²) in [6.07, 6.45) is 5.14. The minimum Gasteiger partial charge on any atom is -0.478 e. The van der Waals surface area contributed by atoms with Crippen molar-refractivity contribution in [3.63, 3.8) is 0 Å². The fraction of sp³-hybridized carbons (Fsp3) is 0.0741. The van der Waals surface area contributed by atoms with E-state index in [1.807, 2.05) is 54.6 Å². The van der Waals surface area contributed by atoms with Gasteiger partial charge in [-0.15, -0.1) is 0 Å². The van der Waals surface area contributed by atoms with Crippen molar-refractivity contribution in [2.75, 3.05) is 0 Å². The number of nitrogens with one attached hydrogen (secondary N) is 1. The minimum atomic E-state index is -0.987. The van der Waals surface area contributed by atoms with Gasteiger partial charge in [0.1, 0.15) is 6.07 Å². The van der Waals surface area contributed by atoms with Crippen LogP contribution in [0, 0.1) is 11.3 Å². The molecule has 4 rings (SSSR count). The normalized spacial score (nSPS) is 12.0. The van der Waals surface area contributed by atoms with Crippen LogP contribution < -0.4 is 0 Å². The average Bonchev–Trinajstić information content (AvgIpc) is 3.30. The lowest BCUT2D eigenvalue weighted by Crippen LogP contribution is -1.98. The molecule has 0 saturated heterocycles. The van der Waals surface area contributed by atoms with Crippen molar-refractivity contribution in [1.29, 1.82) is 5.26 Å². The van der Waals surface area contributed by atoms with Crippen LogP contribution in [0.1, 0.15) is 41.2 Å². The van der Waals surface area contributed by atoms with Gasteiger partial charge in [0.15, 0.2) is 0 Å². The lowest BCUT2D eigenvalue weighted by atomic mass is 9.85. The Balaban J connectivity index is 1.98. The highest BCUT2D eigenvalue weighted by atomic mass is 16.4. The fourth-order valence-corrected chi connectivity index (χ4v) is 3.93. The van der Waals surface area contributed by atoms with Gasteiger partial charge in [-0.3, -0.25) is 5.10 Å². The zero-order valence-corrected chi connectivity index (χ0v) is 17.5. The van der Waals surface area contributed by atoms with E-state index in [4.69, 9.17) is 5.11 Å². The number of aromatic nitrogens is 2. The Labute approximate surface area is 186 Å². The van der Waals surface area contributed by atoms with Crippen LogP contribution in [0.15, 0.2) is 79.0 Å². The molecule has 0 spiro atoms. The van der Waals surface area contributed by atoms with E-state index in [1.54, 1.807) is 12.3 Å². The number of carboxylic acids is 1. The molecule has 0 aliphatic heterocycles. The van der Waals surface area contributed by atoms with Gasteiger partial charge < -0.3 is 5.11 Å². The molecule has 4 aromatic rings. The second-order valence-electron chi connectivity index (χ2n) is 7.30. The van der Waals surface area contributed by atoms with Crippen molar-refractivity contribution < 1.29 is 9.90 Å². The van der Waals surface area contributed by atoms with Crippen LogP contribution in [0.3, 0.4) is 0 Å². The number of H-pyrrole nitrogens is 1. The maximum atomic E-state index is 10.8. The summed E-state index contributed by atoms with van der Waals surface area (Å²) in [6.45, 7) is 2.11. The van der Waals surface area contributed by atoms with Crippen molar-refractivity contribution in [2.45, 2.75) is 13.3 Å². The Kier molecular flexibility index (Phi) is 5.96. The molecule has 0 aliphatic carbocycles. The number of carbonyl (C=O) groups is 1. The summed E-state index contributed by atoms with van der Waals surface area (Å²) in [6, 6.07) is 24.1. The Morgan fingerprint density at radius 3 is 2.47 bits per heavy atom. The van der Waals surface area contributed by atoms with Gasteiger partial charge in [-0.1, -0.05) is 67.6 Å². The van der Waals surface area contributed by atoms with Crippen LogP contribution in [0.25, 0.3) is 28.1 Å². The van der Waals surface area contributed by atoms with E-state index in [0.717, 1.165) is 56.8 Å². The van der Waals surface area contributed by atoms with Crippen molar-refractivity contribution >= 4 is 34.1 Å². The first-order chi connectivity index (χ1) is 15.6. The van der Waals surface area contributed by atoms with Gasteiger partial charge in [0.25, 0.3) is 0 Å². The molecular weight excluding hydrogens is 398 g/mol. The molecular formula is C27H21N3O2. The van der Waals surface area contributed by atoms with E-state index in [2.05, 4.69) is 35.3 Å². The number of nitriles is 1. The molecule has 0 saturated carbocycles. The molecule has 5 nitrogen and oxygen atoms in total. The molecule has 0 atom stereocenters. The zero-order chi connectivity index (χ0) is 22.5. The monoisotopic (exact) mass is 419 g/mol. The molecule has 3 aromatic carbocycles. The van der Waals surface area contributed by atoms with E-state index in [9.17, 15) is 10.1 Å². The summed E-state index contributed by atoms with van der Waals surface area (Å²) >= 11 is 0. The molecule has 0 unspecified atom stereocenters. The molecule has 2 N–H and O–H groups in total. The second-order valence-corrected chi connectivity index (χ2v) is 7.30. The van der Waals surface area contributed by atoms with E-state index >= 15 is 0 Å². The number of hydrogen-bond acceptors (Lipinski definition) is 3. The van der Waals surface area contributed by atoms with E-state index < -0.39 is 5.97 Å². The largest absolute Gasteiger partial charge is 0.478 e. The van der Waals surface area contributed by atoms with Gasteiger partial charge in [-0.2, -0.15) is 10.4 Å².